The highest BCUT2D eigenvalue weighted by Gasteiger charge is 2.11. The first-order valence-electron chi connectivity index (χ1n) is 6.42. The van der Waals surface area contributed by atoms with Crippen LogP contribution in [0.3, 0.4) is 0 Å². The van der Waals surface area contributed by atoms with Gasteiger partial charge in [-0.1, -0.05) is 11.6 Å². The van der Waals surface area contributed by atoms with Crippen molar-refractivity contribution in [1.82, 2.24) is 15.0 Å². The molecule has 0 aliphatic carbocycles. The van der Waals surface area contributed by atoms with Crippen molar-refractivity contribution < 1.29 is 4.39 Å². The molecule has 0 amide bonds. The minimum atomic E-state index is -0.414. The van der Waals surface area contributed by atoms with Gasteiger partial charge < -0.3 is 10.2 Å². The molecule has 0 aliphatic heterocycles. The number of hydrogen-bond acceptors (Lipinski definition) is 5. The Kier molecular flexibility index (Phi) is 5.14. The van der Waals surface area contributed by atoms with Crippen molar-refractivity contribution >= 4 is 40.8 Å². The third-order valence-corrected chi connectivity index (χ3v) is 3.30. The lowest BCUT2D eigenvalue weighted by Gasteiger charge is -2.19. The van der Waals surface area contributed by atoms with Gasteiger partial charge in [0.2, 0.25) is 17.2 Å². The molecular weight excluding hydrogens is 316 g/mol. The van der Waals surface area contributed by atoms with Crippen molar-refractivity contribution in [3.63, 3.8) is 0 Å². The third kappa shape index (κ3) is 3.92. The standard InChI is InChI=1S/C13H14Cl2FN5/c1-3-21(4-2)13-19-11(15)18-12(20-13)17-10-6-5-8(16)7-9(10)14/h5-7H,3-4H2,1-2H3,(H,17,18,19,20). The van der Waals surface area contributed by atoms with E-state index in [1.165, 1.54) is 18.2 Å². The largest absolute Gasteiger partial charge is 0.341 e. The Hall–Kier alpha value is -1.66. The van der Waals surface area contributed by atoms with Gasteiger partial charge in [0.05, 0.1) is 10.7 Å². The second-order valence-electron chi connectivity index (χ2n) is 4.15. The normalized spacial score (nSPS) is 10.5. The Balaban J connectivity index is 2.31. The summed E-state index contributed by atoms with van der Waals surface area (Å²) in [7, 11) is 0. The van der Waals surface area contributed by atoms with Crippen LogP contribution in [0, 0.1) is 5.82 Å². The number of hydrogen-bond donors (Lipinski definition) is 1. The topological polar surface area (TPSA) is 53.9 Å². The van der Waals surface area contributed by atoms with E-state index in [1.54, 1.807) is 0 Å². The first-order chi connectivity index (χ1) is 10.0. The lowest BCUT2D eigenvalue weighted by molar-refractivity contribution is 0.628. The molecule has 5 nitrogen and oxygen atoms in total. The molecule has 0 aliphatic rings. The van der Waals surface area contributed by atoms with Crippen LogP contribution in [-0.4, -0.2) is 28.0 Å². The summed E-state index contributed by atoms with van der Waals surface area (Å²) in [5.41, 5.74) is 0.492. The van der Waals surface area contributed by atoms with Crippen LogP contribution in [0.5, 0.6) is 0 Å². The number of nitrogens with zero attached hydrogens (tertiary/aromatic N) is 4. The van der Waals surface area contributed by atoms with Crippen molar-refractivity contribution in [3.8, 4) is 0 Å². The highest BCUT2D eigenvalue weighted by atomic mass is 35.5. The Labute approximate surface area is 132 Å². The van der Waals surface area contributed by atoms with Crippen molar-refractivity contribution in [1.29, 1.82) is 0 Å². The summed E-state index contributed by atoms with van der Waals surface area (Å²) in [5, 5.41) is 3.22. The fraction of sp³-hybridized carbons (Fsp3) is 0.308. The molecule has 0 saturated heterocycles. The summed E-state index contributed by atoms with van der Waals surface area (Å²) in [4.78, 5) is 14.3. The first-order valence-corrected chi connectivity index (χ1v) is 7.17. The summed E-state index contributed by atoms with van der Waals surface area (Å²) < 4.78 is 13.0. The molecule has 0 unspecified atom stereocenters. The van der Waals surface area contributed by atoms with Crippen LogP contribution in [-0.2, 0) is 0 Å². The smallest absolute Gasteiger partial charge is 0.233 e. The van der Waals surface area contributed by atoms with Gasteiger partial charge >= 0.3 is 0 Å². The van der Waals surface area contributed by atoms with Gasteiger partial charge in [-0.05, 0) is 43.6 Å². The Morgan fingerprint density at radius 1 is 1.14 bits per heavy atom. The molecule has 1 aromatic heterocycles. The molecular formula is C13H14Cl2FN5. The molecule has 2 aromatic rings. The lowest BCUT2D eigenvalue weighted by atomic mass is 10.3. The molecule has 0 saturated carbocycles. The van der Waals surface area contributed by atoms with E-state index < -0.39 is 5.82 Å². The number of rotatable bonds is 5. The molecule has 112 valence electrons. The second-order valence-corrected chi connectivity index (χ2v) is 4.89. The van der Waals surface area contributed by atoms with Gasteiger partial charge in [0.25, 0.3) is 0 Å². The number of halogens is 3. The van der Waals surface area contributed by atoms with Crippen LogP contribution in [0.1, 0.15) is 13.8 Å². The predicted octanol–water partition coefficient (Wildman–Crippen LogP) is 3.91. The van der Waals surface area contributed by atoms with Crippen molar-refractivity contribution in [2.45, 2.75) is 13.8 Å². The average molecular weight is 330 g/mol. The molecule has 1 heterocycles. The molecule has 0 atom stereocenters. The van der Waals surface area contributed by atoms with Gasteiger partial charge in [-0.15, -0.1) is 0 Å². The van der Waals surface area contributed by atoms with Crippen LogP contribution in [0.2, 0.25) is 10.3 Å². The SMILES string of the molecule is CCN(CC)c1nc(Cl)nc(Nc2ccc(F)cc2Cl)n1. The van der Waals surface area contributed by atoms with Crippen molar-refractivity contribution in [2.24, 2.45) is 0 Å². The summed E-state index contributed by atoms with van der Waals surface area (Å²) in [5.74, 6) is 0.314. The Morgan fingerprint density at radius 3 is 2.48 bits per heavy atom. The van der Waals surface area contributed by atoms with Gasteiger partial charge in [0.15, 0.2) is 0 Å². The average Bonchev–Trinajstić information content (AvgIpc) is 2.43. The van der Waals surface area contributed by atoms with E-state index in [4.69, 9.17) is 23.2 Å². The van der Waals surface area contributed by atoms with Crippen molar-refractivity contribution in [3.05, 3.63) is 34.3 Å². The maximum absolute atomic E-state index is 13.0. The summed E-state index contributed by atoms with van der Waals surface area (Å²) >= 11 is 11.9. The summed E-state index contributed by atoms with van der Waals surface area (Å²) in [6, 6.07) is 4.01. The van der Waals surface area contributed by atoms with E-state index in [0.29, 0.717) is 11.6 Å². The van der Waals surface area contributed by atoms with Gasteiger partial charge in [-0.25, -0.2) is 4.39 Å². The zero-order chi connectivity index (χ0) is 15.4. The van der Waals surface area contributed by atoms with Gasteiger partial charge in [-0.3, -0.25) is 0 Å². The van der Waals surface area contributed by atoms with Gasteiger partial charge in [-0.2, -0.15) is 15.0 Å². The summed E-state index contributed by atoms with van der Waals surface area (Å²) in [6.45, 7) is 5.47. The minimum absolute atomic E-state index is 0.0765. The molecule has 1 aromatic carbocycles. The zero-order valence-electron chi connectivity index (χ0n) is 11.6. The summed E-state index contributed by atoms with van der Waals surface area (Å²) in [6.07, 6.45) is 0. The fourth-order valence-corrected chi connectivity index (χ4v) is 2.12. The Morgan fingerprint density at radius 2 is 1.86 bits per heavy atom. The van der Waals surface area contributed by atoms with E-state index in [-0.39, 0.29) is 16.3 Å². The van der Waals surface area contributed by atoms with E-state index in [2.05, 4.69) is 20.3 Å². The van der Waals surface area contributed by atoms with Crippen LogP contribution < -0.4 is 10.2 Å². The third-order valence-electron chi connectivity index (χ3n) is 2.82. The number of aromatic nitrogens is 3. The zero-order valence-corrected chi connectivity index (χ0v) is 13.1. The molecule has 8 heteroatoms. The molecule has 2 rings (SSSR count). The monoisotopic (exact) mass is 329 g/mol. The van der Waals surface area contributed by atoms with Crippen molar-refractivity contribution in [2.75, 3.05) is 23.3 Å². The van der Waals surface area contributed by atoms with E-state index >= 15 is 0 Å². The van der Waals surface area contributed by atoms with Gasteiger partial charge in [0.1, 0.15) is 5.82 Å². The predicted molar refractivity (Wildman–Crippen MR) is 83.1 cm³/mol. The maximum Gasteiger partial charge on any atom is 0.233 e. The van der Waals surface area contributed by atoms with Crippen LogP contribution in [0.4, 0.5) is 22.0 Å². The second kappa shape index (κ2) is 6.87. The minimum Gasteiger partial charge on any atom is -0.341 e. The highest BCUT2D eigenvalue weighted by molar-refractivity contribution is 6.33. The quantitative estimate of drug-likeness (QED) is 0.901. The number of nitrogens with one attached hydrogen (secondary N) is 1. The fourth-order valence-electron chi connectivity index (χ4n) is 1.75. The van der Waals surface area contributed by atoms with Crippen LogP contribution >= 0.6 is 23.2 Å². The Bertz CT molecular complexity index is 634. The van der Waals surface area contributed by atoms with E-state index in [1.807, 2.05) is 18.7 Å². The molecule has 0 radical (unpaired) electrons. The van der Waals surface area contributed by atoms with Gasteiger partial charge in [0, 0.05) is 13.1 Å². The lowest BCUT2D eigenvalue weighted by Crippen LogP contribution is -2.24. The number of anilines is 3. The van der Waals surface area contributed by atoms with Crippen LogP contribution in [0.25, 0.3) is 0 Å². The molecule has 0 fully saturated rings. The molecule has 0 spiro atoms. The number of benzene rings is 1. The molecule has 1 N–H and O–H groups in total. The first kappa shape index (κ1) is 15.7. The van der Waals surface area contributed by atoms with Crippen LogP contribution in [0.15, 0.2) is 18.2 Å². The van der Waals surface area contributed by atoms with E-state index in [9.17, 15) is 4.39 Å². The maximum atomic E-state index is 13.0. The molecule has 21 heavy (non-hydrogen) atoms. The van der Waals surface area contributed by atoms with E-state index in [0.717, 1.165) is 13.1 Å². The molecule has 0 bridgehead atoms. The highest BCUT2D eigenvalue weighted by Crippen LogP contribution is 2.25.